The summed E-state index contributed by atoms with van der Waals surface area (Å²) in [5.41, 5.74) is 5.95. The van der Waals surface area contributed by atoms with Gasteiger partial charge in [0.15, 0.2) is 17.1 Å². The highest BCUT2D eigenvalue weighted by molar-refractivity contribution is 6.30. The van der Waals surface area contributed by atoms with Gasteiger partial charge in [0.05, 0.1) is 53.6 Å². The minimum absolute atomic E-state index is 0.0765. The Balaban J connectivity index is 0.000000207. The van der Waals surface area contributed by atoms with Gasteiger partial charge in [-0.2, -0.15) is 26.3 Å². The molecule has 364 valence electrons. The lowest BCUT2D eigenvalue weighted by molar-refractivity contribution is -0.132. The van der Waals surface area contributed by atoms with Crippen molar-refractivity contribution in [2.24, 2.45) is 0 Å². The highest BCUT2D eigenvalue weighted by Gasteiger charge is 2.28. The fourth-order valence-electron chi connectivity index (χ4n) is 7.13. The molecule has 0 unspecified atom stereocenters. The van der Waals surface area contributed by atoms with Gasteiger partial charge in [0.1, 0.15) is 11.5 Å². The average Bonchev–Trinajstić information content (AvgIpc) is 3.92. The van der Waals surface area contributed by atoms with E-state index in [9.17, 15) is 41.0 Å². The number of carbonyl (C=O) groups is 2. The first-order valence-electron chi connectivity index (χ1n) is 21.5. The van der Waals surface area contributed by atoms with Gasteiger partial charge in [-0.05, 0) is 98.1 Å². The van der Waals surface area contributed by atoms with Crippen LogP contribution in [0.1, 0.15) is 64.4 Å². The Bertz CT molecular complexity index is 3160. The molecule has 0 amide bonds. The molecule has 0 saturated carbocycles. The lowest BCUT2D eigenvalue weighted by atomic mass is 9.98. The number of nitrogens with one attached hydrogen (secondary N) is 2. The van der Waals surface area contributed by atoms with E-state index in [0.29, 0.717) is 78.7 Å². The summed E-state index contributed by atoms with van der Waals surface area (Å²) >= 11 is 11.8. The number of hydrogen-bond donors (Lipinski definition) is 3. The Kier molecular flexibility index (Phi) is 15.5. The quantitative estimate of drug-likeness (QED) is 0.0625. The Morgan fingerprint density at radius 1 is 0.629 bits per heavy atom. The van der Waals surface area contributed by atoms with Crippen molar-refractivity contribution in [3.05, 3.63) is 142 Å². The molecule has 4 heterocycles. The van der Waals surface area contributed by atoms with Crippen molar-refractivity contribution in [3.63, 3.8) is 0 Å². The van der Waals surface area contributed by atoms with Crippen molar-refractivity contribution in [1.29, 1.82) is 0 Å². The first-order valence-corrected chi connectivity index (χ1v) is 22.2. The number of aryl methyl sites for hydroxylation is 2. The van der Waals surface area contributed by atoms with Crippen LogP contribution < -0.4 is 20.1 Å². The minimum atomic E-state index is -4.32. The van der Waals surface area contributed by atoms with Crippen LogP contribution in [0.15, 0.2) is 109 Å². The normalized spacial score (nSPS) is 11.6. The summed E-state index contributed by atoms with van der Waals surface area (Å²) in [4.78, 5) is 32.5. The monoisotopic (exact) mass is 1010 g/mol. The number of rotatable bonds is 16. The number of Topliss-reactive ketones (excluding diaryl/α,β-unsaturated/α-hetero) is 1. The molecule has 0 aliphatic rings. The van der Waals surface area contributed by atoms with Crippen molar-refractivity contribution in [2.75, 3.05) is 23.7 Å². The molecule has 8 aromatic rings. The standard InChI is InChI=1S/C26H24ClF3N4O2.C23H18ClF3N4O3/c1-3-4-23(35)20-10-5-17(13-16(20)2)22-15-32-25-21(31-12-11-26(28,29)30)14-24(33-34(22)25)36-19-8-6-18(27)7-9-19;1-13-10-14(2-7-17(13)22(32)33)19-12-29-21-18(28-9-8-23(25,26)27)11-20(30-31(19)21)34-16-5-3-15(24)4-6-16/h5-10,13-15,31H,3-4,11-12H2,1-2H3;2-7,10-12,28H,8-9H2,1H3,(H,32,33). The van der Waals surface area contributed by atoms with E-state index >= 15 is 0 Å². The molecule has 0 aliphatic carbocycles. The number of ketones is 1. The number of hydrogen-bond acceptors (Lipinski definition) is 10. The summed E-state index contributed by atoms with van der Waals surface area (Å²) in [5, 5.41) is 24.9. The molecule has 0 bridgehead atoms. The Morgan fingerprint density at radius 3 is 1.41 bits per heavy atom. The van der Waals surface area contributed by atoms with Crippen LogP contribution in [0.5, 0.6) is 23.3 Å². The SMILES string of the molecule is CCCC(=O)c1ccc(-c2cnc3c(NCCC(F)(F)F)cc(Oc4ccc(Cl)cc4)nn23)cc1C.Cc1cc(-c2cnc3c(NCCC(F)(F)F)cc(Oc4ccc(Cl)cc4)nn23)ccc1C(=O)O. The predicted molar refractivity (Wildman–Crippen MR) is 254 cm³/mol. The Hall–Kier alpha value is -7.38. The van der Waals surface area contributed by atoms with E-state index < -0.39 is 31.2 Å². The summed E-state index contributed by atoms with van der Waals surface area (Å²) in [5.74, 6) is 0.194. The van der Waals surface area contributed by atoms with Gasteiger partial charge in [-0.3, -0.25) is 4.79 Å². The number of anilines is 2. The second-order valence-corrected chi connectivity index (χ2v) is 16.7. The summed E-state index contributed by atoms with van der Waals surface area (Å²) < 4.78 is 90.9. The summed E-state index contributed by atoms with van der Waals surface area (Å²) in [6.07, 6.45) is -6.32. The van der Waals surface area contributed by atoms with Crippen LogP contribution in [0.3, 0.4) is 0 Å². The molecule has 0 radical (unpaired) electrons. The van der Waals surface area contributed by atoms with Gasteiger partial charge in [-0.25, -0.2) is 23.8 Å². The van der Waals surface area contributed by atoms with E-state index in [-0.39, 0.29) is 36.2 Å². The smallest absolute Gasteiger partial charge is 0.390 e. The molecule has 0 aliphatic heterocycles. The molecule has 4 aromatic carbocycles. The molecule has 4 aromatic heterocycles. The molecule has 8 rings (SSSR count). The average molecular weight is 1010 g/mol. The van der Waals surface area contributed by atoms with Crippen LogP contribution in [-0.4, -0.2) is 71.5 Å². The molecule has 0 fully saturated rings. The number of aromatic nitrogens is 6. The third-order valence-electron chi connectivity index (χ3n) is 10.5. The maximum atomic E-state index is 12.7. The van der Waals surface area contributed by atoms with E-state index in [0.717, 1.165) is 17.5 Å². The van der Waals surface area contributed by atoms with Crippen LogP contribution in [-0.2, 0) is 0 Å². The largest absolute Gasteiger partial charge is 0.478 e. The van der Waals surface area contributed by atoms with E-state index in [4.69, 9.17) is 32.7 Å². The van der Waals surface area contributed by atoms with Crippen LogP contribution in [0.2, 0.25) is 10.0 Å². The van der Waals surface area contributed by atoms with Crippen molar-refractivity contribution >= 4 is 57.6 Å². The lowest BCUT2D eigenvalue weighted by Gasteiger charge is -2.13. The number of halogens is 8. The highest BCUT2D eigenvalue weighted by Crippen LogP contribution is 2.33. The third kappa shape index (κ3) is 12.8. The molecule has 70 heavy (non-hydrogen) atoms. The fourth-order valence-corrected chi connectivity index (χ4v) is 7.38. The molecule has 0 atom stereocenters. The minimum Gasteiger partial charge on any atom is -0.478 e. The maximum absolute atomic E-state index is 12.7. The summed E-state index contributed by atoms with van der Waals surface area (Å²) in [6.45, 7) is 4.79. The van der Waals surface area contributed by atoms with Crippen molar-refractivity contribution < 1.29 is 50.5 Å². The second-order valence-electron chi connectivity index (χ2n) is 15.8. The maximum Gasteiger partial charge on any atom is 0.390 e. The fraction of sp³-hybridized carbons (Fsp3) is 0.224. The third-order valence-corrected chi connectivity index (χ3v) is 11.0. The molecule has 3 N–H and O–H groups in total. The predicted octanol–water partition coefficient (Wildman–Crippen LogP) is 13.7. The first kappa shape index (κ1) is 50.5. The van der Waals surface area contributed by atoms with Crippen LogP contribution in [0, 0.1) is 13.8 Å². The van der Waals surface area contributed by atoms with Gasteiger partial charge in [0.2, 0.25) is 11.8 Å². The van der Waals surface area contributed by atoms with E-state index in [1.165, 1.54) is 33.4 Å². The molecule has 21 heteroatoms. The lowest BCUT2D eigenvalue weighted by Crippen LogP contribution is -2.15. The summed E-state index contributed by atoms with van der Waals surface area (Å²) in [7, 11) is 0. The topological polar surface area (TPSA) is 157 Å². The van der Waals surface area contributed by atoms with Gasteiger partial charge in [0.25, 0.3) is 0 Å². The zero-order valence-corrected chi connectivity index (χ0v) is 38.9. The summed E-state index contributed by atoms with van der Waals surface area (Å²) in [6, 6.07) is 26.4. The van der Waals surface area contributed by atoms with E-state index in [1.54, 1.807) is 79.9 Å². The second kappa shape index (κ2) is 21.5. The number of carbonyl (C=O) groups excluding carboxylic acids is 1. The zero-order valence-electron chi connectivity index (χ0n) is 37.4. The highest BCUT2D eigenvalue weighted by atomic mass is 35.5. The van der Waals surface area contributed by atoms with Gasteiger partial charge < -0.3 is 25.2 Å². The van der Waals surface area contributed by atoms with Gasteiger partial charge >= 0.3 is 18.3 Å². The molecule has 0 spiro atoms. The zero-order chi connectivity index (χ0) is 50.3. The molecule has 0 saturated heterocycles. The number of nitrogens with zero attached hydrogens (tertiary/aromatic N) is 6. The van der Waals surface area contributed by atoms with Gasteiger partial charge in [0, 0.05) is 58.4 Å². The van der Waals surface area contributed by atoms with Gasteiger partial charge in [-0.15, -0.1) is 10.2 Å². The number of carboxylic acid groups (broad SMARTS) is 1. The number of alkyl halides is 6. The number of aromatic carboxylic acids is 1. The van der Waals surface area contributed by atoms with Crippen molar-refractivity contribution in [1.82, 2.24) is 29.2 Å². The van der Waals surface area contributed by atoms with E-state index in [2.05, 4.69) is 30.8 Å². The van der Waals surface area contributed by atoms with Gasteiger partial charge in [-0.1, -0.05) is 48.3 Å². The first-order chi connectivity index (χ1) is 33.2. The Labute approximate surface area is 406 Å². The van der Waals surface area contributed by atoms with E-state index in [1.807, 2.05) is 26.0 Å². The molecular weight excluding hydrogens is 965 g/mol. The van der Waals surface area contributed by atoms with Crippen LogP contribution in [0.4, 0.5) is 37.7 Å². The molecular formula is C49H42Cl2F6N8O5. The van der Waals surface area contributed by atoms with Crippen LogP contribution in [0.25, 0.3) is 33.8 Å². The number of imidazole rings is 2. The number of carboxylic acids is 1. The number of fused-ring (bicyclic) bond motifs is 2. The van der Waals surface area contributed by atoms with Crippen LogP contribution >= 0.6 is 23.2 Å². The Morgan fingerprint density at radius 2 is 1.04 bits per heavy atom. The van der Waals surface area contributed by atoms with Crippen molar-refractivity contribution in [3.8, 4) is 45.8 Å². The molecule has 13 nitrogen and oxygen atoms in total. The van der Waals surface area contributed by atoms with Crippen molar-refractivity contribution in [2.45, 2.75) is 58.8 Å². The number of ether oxygens (including phenoxy) is 2. The number of benzene rings is 4.